The van der Waals surface area contributed by atoms with Gasteiger partial charge in [0.25, 0.3) is 10.2 Å². The van der Waals surface area contributed by atoms with Gasteiger partial charge in [-0.2, -0.15) is 17.0 Å². The molecular formula is C22H28FN3O4S. The maximum Gasteiger partial charge on any atom is 0.282 e. The Morgan fingerprint density at radius 2 is 1.90 bits per heavy atom. The molecule has 2 aromatic rings. The molecule has 2 aromatic carbocycles. The topological polar surface area (TPSA) is 85.1 Å². The van der Waals surface area contributed by atoms with Crippen LogP contribution in [0.2, 0.25) is 0 Å². The van der Waals surface area contributed by atoms with Crippen LogP contribution < -0.4 is 10.5 Å². The number of nitrogens with two attached hydrogens (primary N) is 1. The molecule has 9 heteroatoms. The molecule has 0 spiro atoms. The molecule has 2 aliphatic heterocycles. The van der Waals surface area contributed by atoms with Crippen molar-refractivity contribution in [2.45, 2.75) is 24.9 Å². The quantitative estimate of drug-likeness (QED) is 0.700. The molecule has 2 saturated heterocycles. The maximum absolute atomic E-state index is 14.4. The molecule has 7 nitrogen and oxygen atoms in total. The van der Waals surface area contributed by atoms with Gasteiger partial charge < -0.3 is 15.2 Å². The van der Waals surface area contributed by atoms with Crippen LogP contribution in [-0.4, -0.2) is 62.5 Å². The number of morpholine rings is 1. The van der Waals surface area contributed by atoms with Crippen LogP contribution in [0.4, 0.5) is 4.39 Å². The molecule has 2 N–H and O–H groups in total. The summed E-state index contributed by atoms with van der Waals surface area (Å²) in [6.45, 7) is 2.17. The van der Waals surface area contributed by atoms with Gasteiger partial charge in [-0.15, -0.1) is 0 Å². The molecule has 2 atom stereocenters. The Balaban J connectivity index is 1.56. The molecule has 0 saturated carbocycles. The molecule has 2 unspecified atom stereocenters. The van der Waals surface area contributed by atoms with Crippen molar-refractivity contribution in [3.63, 3.8) is 0 Å². The van der Waals surface area contributed by atoms with Crippen LogP contribution >= 0.6 is 0 Å². The van der Waals surface area contributed by atoms with Gasteiger partial charge in [-0.05, 0) is 35.7 Å². The van der Waals surface area contributed by atoms with Gasteiger partial charge in [0.15, 0.2) is 0 Å². The van der Waals surface area contributed by atoms with E-state index in [1.54, 1.807) is 18.2 Å². The van der Waals surface area contributed by atoms with Crippen molar-refractivity contribution >= 4 is 10.2 Å². The average molecular weight is 450 g/mol. The van der Waals surface area contributed by atoms with E-state index in [2.05, 4.69) is 0 Å². The highest BCUT2D eigenvalue weighted by Crippen LogP contribution is 2.36. The molecule has 2 heterocycles. The van der Waals surface area contributed by atoms with E-state index >= 15 is 0 Å². The number of hydrogen-bond donors (Lipinski definition) is 1. The third-order valence-electron chi connectivity index (χ3n) is 5.88. The van der Waals surface area contributed by atoms with Crippen LogP contribution in [0.25, 0.3) is 0 Å². The van der Waals surface area contributed by atoms with E-state index in [0.29, 0.717) is 50.6 Å². The first-order valence-corrected chi connectivity index (χ1v) is 11.9. The van der Waals surface area contributed by atoms with Gasteiger partial charge in [0.1, 0.15) is 18.2 Å². The highest BCUT2D eigenvalue weighted by atomic mass is 32.2. The van der Waals surface area contributed by atoms with Crippen molar-refractivity contribution in [3.8, 4) is 5.75 Å². The predicted octanol–water partition coefficient (Wildman–Crippen LogP) is 2.10. The number of nitrogens with zero attached hydrogens (tertiary/aromatic N) is 2. The van der Waals surface area contributed by atoms with E-state index in [1.807, 2.05) is 24.3 Å². The fraction of sp³-hybridized carbons (Fsp3) is 0.455. The summed E-state index contributed by atoms with van der Waals surface area (Å²) in [5, 5.41) is 0. The third-order valence-corrected chi connectivity index (χ3v) is 7.94. The van der Waals surface area contributed by atoms with Gasteiger partial charge in [-0.3, -0.25) is 0 Å². The Labute approximate surface area is 182 Å². The number of ether oxygens (including phenoxy) is 2. The normalized spacial score (nSPS) is 23.2. The van der Waals surface area contributed by atoms with E-state index in [4.69, 9.17) is 15.2 Å². The fourth-order valence-electron chi connectivity index (χ4n) is 4.23. The number of benzene rings is 2. The van der Waals surface area contributed by atoms with E-state index in [0.717, 1.165) is 5.56 Å². The zero-order valence-electron chi connectivity index (χ0n) is 17.3. The smallest absolute Gasteiger partial charge is 0.282 e. The summed E-state index contributed by atoms with van der Waals surface area (Å²) < 4.78 is 55.4. The van der Waals surface area contributed by atoms with Gasteiger partial charge in [-0.25, -0.2) is 4.39 Å². The van der Waals surface area contributed by atoms with Gasteiger partial charge >= 0.3 is 0 Å². The lowest BCUT2D eigenvalue weighted by atomic mass is 9.96. The lowest BCUT2D eigenvalue weighted by Gasteiger charge is -2.32. The van der Waals surface area contributed by atoms with Crippen LogP contribution in [0.15, 0.2) is 48.5 Å². The zero-order chi connectivity index (χ0) is 21.8. The summed E-state index contributed by atoms with van der Waals surface area (Å²) in [6.07, 6.45) is 0.487. The summed E-state index contributed by atoms with van der Waals surface area (Å²) in [4.78, 5) is 0. The standard InChI is InChI=1S/C22H28FN3O4S/c23-22-7-2-1-6-21(22)18-13-19(16-30-20-5-3-4-17(12-20)14-24)26(15-18)31(27,28)25-8-10-29-11-9-25/h1-7,12,18-19H,8-11,13-16,24H2. The lowest BCUT2D eigenvalue weighted by molar-refractivity contribution is 0.0693. The predicted molar refractivity (Wildman–Crippen MR) is 115 cm³/mol. The summed E-state index contributed by atoms with van der Waals surface area (Å²) in [7, 11) is -3.72. The third kappa shape index (κ3) is 4.91. The molecule has 2 fully saturated rings. The molecule has 0 bridgehead atoms. The highest BCUT2D eigenvalue weighted by molar-refractivity contribution is 7.86. The summed E-state index contributed by atoms with van der Waals surface area (Å²) in [6, 6.07) is 13.6. The van der Waals surface area contributed by atoms with Crippen LogP contribution in [0.5, 0.6) is 5.75 Å². The Kier molecular flexibility index (Phi) is 6.88. The van der Waals surface area contributed by atoms with Gasteiger partial charge in [0, 0.05) is 32.1 Å². The van der Waals surface area contributed by atoms with E-state index in [1.165, 1.54) is 14.7 Å². The number of hydrogen-bond acceptors (Lipinski definition) is 5. The van der Waals surface area contributed by atoms with Gasteiger partial charge in [0.2, 0.25) is 0 Å². The summed E-state index contributed by atoms with van der Waals surface area (Å²) >= 11 is 0. The van der Waals surface area contributed by atoms with Gasteiger partial charge in [-0.1, -0.05) is 30.3 Å². The minimum Gasteiger partial charge on any atom is -0.492 e. The van der Waals surface area contributed by atoms with E-state index in [9.17, 15) is 12.8 Å². The monoisotopic (exact) mass is 449 g/mol. The molecule has 0 aliphatic carbocycles. The zero-order valence-corrected chi connectivity index (χ0v) is 18.1. The highest BCUT2D eigenvalue weighted by Gasteiger charge is 2.43. The van der Waals surface area contributed by atoms with Crippen LogP contribution in [-0.2, 0) is 21.5 Å². The molecule has 0 amide bonds. The Hall–Kier alpha value is -2.04. The minimum absolute atomic E-state index is 0.183. The minimum atomic E-state index is -3.72. The molecule has 0 radical (unpaired) electrons. The second kappa shape index (κ2) is 9.62. The molecule has 0 aromatic heterocycles. The molecule has 31 heavy (non-hydrogen) atoms. The van der Waals surface area contributed by atoms with Crippen LogP contribution in [0.1, 0.15) is 23.5 Å². The van der Waals surface area contributed by atoms with E-state index in [-0.39, 0.29) is 24.9 Å². The van der Waals surface area contributed by atoms with Gasteiger partial charge in [0.05, 0.1) is 19.3 Å². The number of halogens is 1. The molecular weight excluding hydrogens is 421 g/mol. The maximum atomic E-state index is 14.4. The van der Waals surface area contributed by atoms with E-state index < -0.39 is 16.3 Å². The van der Waals surface area contributed by atoms with Crippen LogP contribution in [0, 0.1) is 5.82 Å². The largest absolute Gasteiger partial charge is 0.492 e. The second-order valence-electron chi connectivity index (χ2n) is 7.86. The van der Waals surface area contributed by atoms with Crippen LogP contribution in [0.3, 0.4) is 0 Å². The Morgan fingerprint density at radius 3 is 2.65 bits per heavy atom. The first kappa shape index (κ1) is 22.2. The Morgan fingerprint density at radius 1 is 1.13 bits per heavy atom. The lowest BCUT2D eigenvalue weighted by Crippen LogP contribution is -2.51. The average Bonchev–Trinajstić information content (AvgIpc) is 3.23. The van der Waals surface area contributed by atoms with Crippen molar-refractivity contribution < 1.29 is 22.3 Å². The number of rotatable bonds is 7. The van der Waals surface area contributed by atoms with Crippen molar-refractivity contribution in [1.82, 2.24) is 8.61 Å². The first-order valence-electron chi connectivity index (χ1n) is 10.5. The Bertz CT molecular complexity index is 998. The summed E-state index contributed by atoms with van der Waals surface area (Å²) in [5.74, 6) is 0.0930. The van der Waals surface area contributed by atoms with Crippen molar-refractivity contribution in [3.05, 3.63) is 65.5 Å². The summed E-state index contributed by atoms with van der Waals surface area (Å²) in [5.41, 5.74) is 7.18. The van der Waals surface area contributed by atoms with Crippen molar-refractivity contribution in [1.29, 1.82) is 0 Å². The fourth-order valence-corrected chi connectivity index (χ4v) is 6.03. The van der Waals surface area contributed by atoms with Crippen molar-refractivity contribution in [2.75, 3.05) is 39.5 Å². The molecule has 4 rings (SSSR count). The SMILES string of the molecule is NCc1cccc(OCC2CC(c3ccccc3F)CN2S(=O)(=O)N2CCOCC2)c1. The van der Waals surface area contributed by atoms with Crippen molar-refractivity contribution in [2.24, 2.45) is 5.73 Å². The molecule has 2 aliphatic rings. The first-order chi connectivity index (χ1) is 15.0. The second-order valence-corrected chi connectivity index (χ2v) is 9.74. The molecule has 168 valence electrons.